The highest BCUT2D eigenvalue weighted by Crippen LogP contribution is 1.98. The molecule has 0 aliphatic carbocycles. The molecule has 12 heavy (non-hydrogen) atoms. The zero-order chi connectivity index (χ0) is 9.19. The maximum absolute atomic E-state index is 10.9. The van der Waals surface area contributed by atoms with Crippen LogP contribution >= 0.6 is 0 Å². The molecule has 0 atom stereocenters. The van der Waals surface area contributed by atoms with Crippen molar-refractivity contribution in [3.05, 3.63) is 5.82 Å². The Hall–Kier alpha value is -0.980. The molecule has 0 unspecified atom stereocenters. The van der Waals surface area contributed by atoms with Gasteiger partial charge in [0.15, 0.2) is 15.7 Å². The van der Waals surface area contributed by atoms with Crippen LogP contribution in [0.1, 0.15) is 12.7 Å². The number of aryl methyl sites for hydroxylation is 1. The maximum atomic E-state index is 10.9. The Balaban J connectivity index is 2.89. The first-order valence-electron chi connectivity index (χ1n) is 3.45. The standard InChI is InChI=1S/C5H10N4O2S/c1-3-9-5(6-7-8-9)4-12(2,10)11/h3-4H2,1-2H3. The summed E-state index contributed by atoms with van der Waals surface area (Å²) in [4.78, 5) is 0. The van der Waals surface area contributed by atoms with E-state index >= 15 is 0 Å². The first-order valence-corrected chi connectivity index (χ1v) is 5.51. The van der Waals surface area contributed by atoms with Gasteiger partial charge in [-0.25, -0.2) is 13.1 Å². The highest BCUT2D eigenvalue weighted by atomic mass is 32.2. The number of tetrazole rings is 1. The second-order valence-electron chi connectivity index (χ2n) is 2.48. The molecule has 1 rings (SSSR count). The smallest absolute Gasteiger partial charge is 0.166 e. The molecule has 1 aromatic heterocycles. The van der Waals surface area contributed by atoms with E-state index in [0.29, 0.717) is 12.4 Å². The monoisotopic (exact) mass is 190 g/mol. The fourth-order valence-electron chi connectivity index (χ4n) is 0.807. The molecule has 0 spiro atoms. The minimum absolute atomic E-state index is 0.103. The van der Waals surface area contributed by atoms with E-state index in [4.69, 9.17) is 0 Å². The molecule has 0 amide bonds. The first-order chi connectivity index (χ1) is 5.53. The number of aromatic nitrogens is 4. The summed E-state index contributed by atoms with van der Waals surface area (Å²) in [5, 5.41) is 10.6. The largest absolute Gasteiger partial charge is 0.229 e. The molecular formula is C5H10N4O2S. The fourth-order valence-corrected chi connectivity index (χ4v) is 1.48. The summed E-state index contributed by atoms with van der Waals surface area (Å²) in [6, 6.07) is 0. The van der Waals surface area contributed by atoms with Crippen molar-refractivity contribution in [3.63, 3.8) is 0 Å². The van der Waals surface area contributed by atoms with Crippen LogP contribution in [-0.2, 0) is 22.1 Å². The molecule has 6 nitrogen and oxygen atoms in total. The number of hydrogen-bond donors (Lipinski definition) is 0. The second kappa shape index (κ2) is 3.18. The number of nitrogens with zero attached hydrogens (tertiary/aromatic N) is 4. The summed E-state index contributed by atoms with van der Waals surface area (Å²) in [5.41, 5.74) is 0. The molecule has 0 saturated heterocycles. The highest BCUT2D eigenvalue weighted by Gasteiger charge is 2.10. The van der Waals surface area contributed by atoms with Crippen LogP contribution in [-0.4, -0.2) is 34.9 Å². The maximum Gasteiger partial charge on any atom is 0.166 e. The number of sulfone groups is 1. The van der Waals surface area contributed by atoms with Gasteiger partial charge in [0.05, 0.1) is 0 Å². The molecule has 0 N–H and O–H groups in total. The molecule has 0 aliphatic rings. The van der Waals surface area contributed by atoms with Crippen LogP contribution in [0.3, 0.4) is 0 Å². The zero-order valence-corrected chi connectivity index (χ0v) is 7.74. The lowest BCUT2D eigenvalue weighted by molar-refractivity contribution is 0.585. The third kappa shape index (κ3) is 2.26. The van der Waals surface area contributed by atoms with E-state index in [1.54, 1.807) is 0 Å². The van der Waals surface area contributed by atoms with Gasteiger partial charge in [-0.2, -0.15) is 0 Å². The van der Waals surface area contributed by atoms with Gasteiger partial charge in [0.2, 0.25) is 0 Å². The zero-order valence-electron chi connectivity index (χ0n) is 6.93. The van der Waals surface area contributed by atoms with Gasteiger partial charge in [-0.15, -0.1) is 5.10 Å². The van der Waals surface area contributed by atoms with Gasteiger partial charge in [-0.05, 0) is 17.4 Å². The average Bonchev–Trinajstić information content (AvgIpc) is 2.31. The van der Waals surface area contributed by atoms with E-state index in [1.165, 1.54) is 4.68 Å². The van der Waals surface area contributed by atoms with Crippen LogP contribution in [0, 0.1) is 0 Å². The van der Waals surface area contributed by atoms with E-state index in [-0.39, 0.29) is 5.75 Å². The normalized spacial score (nSPS) is 11.8. The quantitative estimate of drug-likeness (QED) is 0.626. The van der Waals surface area contributed by atoms with E-state index in [0.717, 1.165) is 6.26 Å². The Morgan fingerprint density at radius 3 is 2.67 bits per heavy atom. The Morgan fingerprint density at radius 1 is 1.50 bits per heavy atom. The van der Waals surface area contributed by atoms with Crippen molar-refractivity contribution in [2.75, 3.05) is 6.26 Å². The van der Waals surface area contributed by atoms with Gasteiger partial charge in [-0.1, -0.05) is 0 Å². The van der Waals surface area contributed by atoms with Crippen molar-refractivity contribution in [3.8, 4) is 0 Å². The summed E-state index contributed by atoms with van der Waals surface area (Å²) in [6.07, 6.45) is 1.15. The lowest BCUT2D eigenvalue weighted by Crippen LogP contribution is -2.09. The summed E-state index contributed by atoms with van der Waals surface area (Å²) in [6.45, 7) is 2.43. The Morgan fingerprint density at radius 2 is 2.17 bits per heavy atom. The third-order valence-electron chi connectivity index (χ3n) is 1.30. The van der Waals surface area contributed by atoms with Gasteiger partial charge < -0.3 is 0 Å². The topological polar surface area (TPSA) is 77.7 Å². The van der Waals surface area contributed by atoms with Crippen LogP contribution in [0.5, 0.6) is 0 Å². The van der Waals surface area contributed by atoms with Crippen molar-refractivity contribution in [2.45, 2.75) is 19.2 Å². The SMILES string of the molecule is CCn1nnnc1CS(C)(=O)=O. The Kier molecular flexibility index (Phi) is 2.41. The number of rotatable bonds is 3. The van der Waals surface area contributed by atoms with Crippen LogP contribution in [0.2, 0.25) is 0 Å². The molecule has 1 aromatic rings. The van der Waals surface area contributed by atoms with Gasteiger partial charge in [0.25, 0.3) is 0 Å². The summed E-state index contributed by atoms with van der Waals surface area (Å²) >= 11 is 0. The van der Waals surface area contributed by atoms with Crippen molar-refractivity contribution in [1.29, 1.82) is 0 Å². The van der Waals surface area contributed by atoms with E-state index in [2.05, 4.69) is 15.5 Å². The molecule has 0 radical (unpaired) electrons. The van der Waals surface area contributed by atoms with E-state index in [1.807, 2.05) is 6.92 Å². The summed E-state index contributed by atoms with van der Waals surface area (Å²) < 4.78 is 23.2. The lowest BCUT2D eigenvalue weighted by Gasteiger charge is -1.97. The molecule has 0 fully saturated rings. The fraction of sp³-hybridized carbons (Fsp3) is 0.800. The van der Waals surface area contributed by atoms with Crippen LogP contribution in [0.15, 0.2) is 0 Å². The van der Waals surface area contributed by atoms with Gasteiger partial charge in [0.1, 0.15) is 5.75 Å². The van der Waals surface area contributed by atoms with Crippen molar-refractivity contribution in [2.24, 2.45) is 0 Å². The molecular weight excluding hydrogens is 180 g/mol. The van der Waals surface area contributed by atoms with Crippen LogP contribution in [0.25, 0.3) is 0 Å². The van der Waals surface area contributed by atoms with Gasteiger partial charge in [0, 0.05) is 12.8 Å². The minimum Gasteiger partial charge on any atom is -0.229 e. The summed E-state index contributed by atoms with van der Waals surface area (Å²) in [5.74, 6) is 0.286. The molecule has 68 valence electrons. The Labute approximate surface area is 70.5 Å². The molecule has 0 bridgehead atoms. The molecule has 0 aliphatic heterocycles. The molecule has 1 heterocycles. The van der Waals surface area contributed by atoms with Crippen molar-refractivity contribution >= 4 is 9.84 Å². The lowest BCUT2D eigenvalue weighted by atomic mass is 10.6. The molecule has 0 aromatic carbocycles. The minimum atomic E-state index is -3.04. The van der Waals surface area contributed by atoms with Crippen molar-refractivity contribution < 1.29 is 8.42 Å². The highest BCUT2D eigenvalue weighted by molar-refractivity contribution is 7.89. The predicted octanol–water partition coefficient (Wildman–Crippen LogP) is -0.762. The molecule has 7 heteroatoms. The van der Waals surface area contributed by atoms with Crippen LogP contribution in [0.4, 0.5) is 0 Å². The third-order valence-corrected chi connectivity index (χ3v) is 2.08. The van der Waals surface area contributed by atoms with E-state index in [9.17, 15) is 8.42 Å². The number of hydrogen-bond acceptors (Lipinski definition) is 5. The van der Waals surface area contributed by atoms with Crippen LogP contribution < -0.4 is 0 Å². The summed E-state index contributed by atoms with van der Waals surface area (Å²) in [7, 11) is -3.04. The molecule has 0 saturated carbocycles. The van der Waals surface area contributed by atoms with Gasteiger partial charge in [-0.3, -0.25) is 0 Å². The van der Waals surface area contributed by atoms with Crippen molar-refractivity contribution in [1.82, 2.24) is 20.2 Å². The predicted molar refractivity (Wildman–Crippen MR) is 42.0 cm³/mol. The Bertz CT molecular complexity index is 355. The second-order valence-corrected chi connectivity index (χ2v) is 4.62. The first kappa shape index (κ1) is 9.11. The van der Waals surface area contributed by atoms with E-state index < -0.39 is 9.84 Å². The van der Waals surface area contributed by atoms with Gasteiger partial charge >= 0.3 is 0 Å². The average molecular weight is 190 g/mol.